The number of nitrogens with two attached hydrogens (primary N) is 1. The Hall–Kier alpha value is -1.84. The molecule has 0 aromatic heterocycles. The second-order valence-electron chi connectivity index (χ2n) is 4.16. The lowest BCUT2D eigenvalue weighted by Crippen LogP contribution is -2.49. The highest BCUT2D eigenvalue weighted by Crippen LogP contribution is 2.13. The van der Waals surface area contributed by atoms with Gasteiger partial charge in [0.1, 0.15) is 6.04 Å². The lowest BCUT2D eigenvalue weighted by Gasteiger charge is -2.18. The molecule has 5 N–H and O–H groups in total. The van der Waals surface area contributed by atoms with Crippen LogP contribution in [0.25, 0.3) is 0 Å². The maximum absolute atomic E-state index is 11.1. The van der Waals surface area contributed by atoms with Crippen LogP contribution in [0, 0.1) is 5.92 Å². The van der Waals surface area contributed by atoms with Crippen molar-refractivity contribution < 1.29 is 37.8 Å². The van der Waals surface area contributed by atoms with Gasteiger partial charge in [-0.2, -0.15) is 13.2 Å². The van der Waals surface area contributed by atoms with E-state index in [2.05, 4.69) is 5.32 Å². The number of carbonyl (C=O) groups excluding carboxylic acids is 1. The first-order valence-corrected chi connectivity index (χ1v) is 5.39. The van der Waals surface area contributed by atoms with Crippen molar-refractivity contribution in [1.82, 2.24) is 5.32 Å². The Morgan fingerprint density at radius 2 is 1.45 bits per heavy atom. The number of aliphatic carboxylic acids is 2. The highest BCUT2D eigenvalue weighted by molar-refractivity contribution is 5.86. The van der Waals surface area contributed by atoms with Crippen LogP contribution in [0.2, 0.25) is 0 Å². The molecule has 0 saturated carbocycles. The lowest BCUT2D eigenvalue weighted by molar-refractivity contribution is -0.192. The van der Waals surface area contributed by atoms with Crippen LogP contribution in [0.15, 0.2) is 0 Å². The third-order valence-corrected chi connectivity index (χ3v) is 1.89. The molecule has 0 aromatic rings. The predicted octanol–water partition coefficient (Wildman–Crippen LogP) is 0.192. The van der Waals surface area contributed by atoms with Gasteiger partial charge in [-0.3, -0.25) is 4.79 Å². The summed E-state index contributed by atoms with van der Waals surface area (Å²) in [5.74, 6) is -4.39. The molecular formula is C10H17F3N2O5. The molecule has 0 aromatic carbocycles. The number of hydrogen-bond acceptors (Lipinski definition) is 4. The highest BCUT2D eigenvalue weighted by Gasteiger charge is 2.38. The van der Waals surface area contributed by atoms with Gasteiger partial charge in [0.05, 0.1) is 6.04 Å². The molecule has 0 rings (SSSR count). The molecular weight excluding hydrogens is 285 g/mol. The van der Waals surface area contributed by atoms with E-state index in [1.165, 1.54) is 6.92 Å². The minimum atomic E-state index is -5.08. The summed E-state index contributed by atoms with van der Waals surface area (Å²) in [5.41, 5.74) is 5.28. The summed E-state index contributed by atoms with van der Waals surface area (Å²) >= 11 is 0. The average Bonchev–Trinajstić information content (AvgIpc) is 2.23. The smallest absolute Gasteiger partial charge is 0.480 e. The van der Waals surface area contributed by atoms with Gasteiger partial charge in [-0.05, 0) is 12.8 Å². The Balaban J connectivity index is 0. The van der Waals surface area contributed by atoms with E-state index in [4.69, 9.17) is 20.7 Å². The monoisotopic (exact) mass is 302 g/mol. The molecule has 0 unspecified atom stereocenters. The van der Waals surface area contributed by atoms with Crippen LogP contribution in [0.5, 0.6) is 0 Å². The summed E-state index contributed by atoms with van der Waals surface area (Å²) in [6.07, 6.45) is -5.08. The summed E-state index contributed by atoms with van der Waals surface area (Å²) in [4.78, 5) is 30.6. The molecule has 0 bridgehead atoms. The van der Waals surface area contributed by atoms with Crippen LogP contribution in [-0.2, 0) is 14.4 Å². The van der Waals surface area contributed by atoms with Crippen molar-refractivity contribution in [3.63, 3.8) is 0 Å². The normalized spacial score (nSPS) is 13.8. The largest absolute Gasteiger partial charge is 0.490 e. The topological polar surface area (TPSA) is 130 Å². The maximum Gasteiger partial charge on any atom is 0.490 e. The molecule has 1 amide bonds. The molecule has 0 spiro atoms. The summed E-state index contributed by atoms with van der Waals surface area (Å²) in [7, 11) is 0. The number of carbonyl (C=O) groups is 3. The Kier molecular flexibility index (Phi) is 8.55. The summed E-state index contributed by atoms with van der Waals surface area (Å²) in [5, 5.41) is 18.2. The van der Waals surface area contributed by atoms with Gasteiger partial charge in [0.15, 0.2) is 0 Å². The summed E-state index contributed by atoms with van der Waals surface area (Å²) in [6.45, 7) is 4.95. The number of nitrogens with one attached hydrogen (secondary N) is 1. The van der Waals surface area contributed by atoms with E-state index >= 15 is 0 Å². The molecule has 118 valence electrons. The molecule has 0 aliphatic carbocycles. The van der Waals surface area contributed by atoms with Gasteiger partial charge in [0, 0.05) is 0 Å². The van der Waals surface area contributed by atoms with Crippen LogP contribution in [0.3, 0.4) is 0 Å². The van der Waals surface area contributed by atoms with Gasteiger partial charge >= 0.3 is 18.1 Å². The molecule has 0 radical (unpaired) electrons. The van der Waals surface area contributed by atoms with Crippen molar-refractivity contribution in [3.05, 3.63) is 0 Å². The van der Waals surface area contributed by atoms with Crippen molar-refractivity contribution >= 4 is 17.8 Å². The summed E-state index contributed by atoms with van der Waals surface area (Å²) < 4.78 is 31.7. The molecule has 0 aliphatic rings. The molecule has 0 saturated heterocycles. The van der Waals surface area contributed by atoms with Gasteiger partial charge in [0.2, 0.25) is 5.91 Å². The van der Waals surface area contributed by atoms with Gasteiger partial charge < -0.3 is 21.3 Å². The van der Waals surface area contributed by atoms with E-state index in [1.807, 2.05) is 0 Å². The first-order chi connectivity index (χ1) is 8.80. The zero-order valence-corrected chi connectivity index (χ0v) is 11.1. The number of rotatable bonds is 4. The van der Waals surface area contributed by atoms with Crippen LogP contribution in [0.4, 0.5) is 13.2 Å². The Morgan fingerprint density at radius 1 is 1.10 bits per heavy atom. The fourth-order valence-electron chi connectivity index (χ4n) is 0.798. The zero-order chi connectivity index (χ0) is 16.7. The maximum atomic E-state index is 11.1. The second kappa shape index (κ2) is 8.35. The van der Waals surface area contributed by atoms with E-state index in [9.17, 15) is 22.8 Å². The minimum absolute atomic E-state index is 0.153. The van der Waals surface area contributed by atoms with E-state index in [0.29, 0.717) is 0 Å². The van der Waals surface area contributed by atoms with Crippen molar-refractivity contribution in [2.24, 2.45) is 11.7 Å². The van der Waals surface area contributed by atoms with Crippen molar-refractivity contribution in [1.29, 1.82) is 0 Å². The van der Waals surface area contributed by atoms with Crippen LogP contribution < -0.4 is 11.1 Å². The van der Waals surface area contributed by atoms with Gasteiger partial charge in [-0.25, -0.2) is 9.59 Å². The first kappa shape index (κ1) is 20.5. The van der Waals surface area contributed by atoms with E-state index < -0.39 is 36.1 Å². The molecule has 10 heteroatoms. The Bertz CT molecular complexity index is 355. The van der Waals surface area contributed by atoms with Crippen molar-refractivity contribution in [3.8, 4) is 0 Å². The number of alkyl halides is 3. The predicted molar refractivity (Wildman–Crippen MR) is 61.7 cm³/mol. The van der Waals surface area contributed by atoms with Gasteiger partial charge in [0.25, 0.3) is 0 Å². The highest BCUT2D eigenvalue weighted by atomic mass is 19.4. The van der Waals surface area contributed by atoms with E-state index in [0.717, 1.165) is 0 Å². The van der Waals surface area contributed by atoms with Crippen LogP contribution >= 0.6 is 0 Å². The standard InChI is InChI=1S/C8H16N2O3.C2HF3O2/c1-4(2)6(8(12)13)10-7(11)5(3)9;3-2(4,5)1(6)7/h4-6H,9H2,1-3H3,(H,10,11)(H,12,13);(H,6,7)/t5-,6-;/m0./s1. The number of hydrogen-bond donors (Lipinski definition) is 4. The van der Waals surface area contributed by atoms with Crippen molar-refractivity contribution in [2.45, 2.75) is 39.0 Å². The molecule has 0 heterocycles. The average molecular weight is 302 g/mol. The first-order valence-electron chi connectivity index (χ1n) is 5.39. The van der Waals surface area contributed by atoms with Gasteiger partial charge in [-0.15, -0.1) is 0 Å². The zero-order valence-electron chi connectivity index (χ0n) is 11.1. The Labute approximate surface area is 112 Å². The molecule has 0 fully saturated rings. The molecule has 7 nitrogen and oxygen atoms in total. The molecule has 2 atom stereocenters. The van der Waals surface area contributed by atoms with E-state index in [-0.39, 0.29) is 5.92 Å². The Morgan fingerprint density at radius 3 is 1.60 bits per heavy atom. The fourth-order valence-corrected chi connectivity index (χ4v) is 0.798. The quantitative estimate of drug-likeness (QED) is 0.586. The van der Waals surface area contributed by atoms with Crippen LogP contribution in [-0.4, -0.2) is 46.3 Å². The third-order valence-electron chi connectivity index (χ3n) is 1.89. The number of carboxylic acid groups (broad SMARTS) is 2. The van der Waals surface area contributed by atoms with Gasteiger partial charge in [-0.1, -0.05) is 13.8 Å². The molecule has 0 aliphatic heterocycles. The van der Waals surface area contributed by atoms with E-state index in [1.54, 1.807) is 13.8 Å². The molecule has 20 heavy (non-hydrogen) atoms. The SMILES string of the molecule is CC(C)[C@H](NC(=O)[C@H](C)N)C(=O)O.O=C(O)C(F)(F)F. The third kappa shape index (κ3) is 9.14. The summed E-state index contributed by atoms with van der Waals surface area (Å²) in [6, 6.07) is -1.54. The lowest BCUT2D eigenvalue weighted by atomic mass is 10.0. The minimum Gasteiger partial charge on any atom is -0.480 e. The van der Waals surface area contributed by atoms with Crippen LogP contribution in [0.1, 0.15) is 20.8 Å². The fraction of sp³-hybridized carbons (Fsp3) is 0.700. The number of amides is 1. The second-order valence-corrected chi connectivity index (χ2v) is 4.16. The van der Waals surface area contributed by atoms with Crippen molar-refractivity contribution in [2.75, 3.05) is 0 Å². The number of carboxylic acids is 2. The number of halogens is 3.